The molecule has 7 nitrogen and oxygen atoms in total. The summed E-state index contributed by atoms with van der Waals surface area (Å²) in [5.41, 5.74) is -0.862. The van der Waals surface area contributed by atoms with Crippen LogP contribution >= 0.6 is 0 Å². The van der Waals surface area contributed by atoms with Crippen molar-refractivity contribution >= 4 is 32.5 Å². The third-order valence-corrected chi connectivity index (χ3v) is 5.85. The average molecular weight is 514 g/mol. The highest BCUT2D eigenvalue weighted by molar-refractivity contribution is 7.85. The zero-order valence-electron chi connectivity index (χ0n) is 18.9. The highest BCUT2D eigenvalue weighted by Crippen LogP contribution is 2.32. The SMILES string of the molecule is Cc1ccc2c(=O)n(C(C)COS(C)(=O)=O)ccc2c1NC(=O)Cc1ccc(C(F)(F)F)c(F)c1. The lowest BCUT2D eigenvalue weighted by Crippen LogP contribution is -2.26. The molecule has 1 N–H and O–H groups in total. The predicted molar refractivity (Wildman–Crippen MR) is 122 cm³/mol. The Bertz CT molecular complexity index is 1450. The maximum Gasteiger partial charge on any atom is 0.419 e. The summed E-state index contributed by atoms with van der Waals surface area (Å²) in [6, 6.07) is 6.42. The number of halogens is 4. The minimum absolute atomic E-state index is 0.0490. The van der Waals surface area contributed by atoms with Crippen LogP contribution in [0.2, 0.25) is 0 Å². The Hall–Kier alpha value is -3.25. The molecule has 35 heavy (non-hydrogen) atoms. The lowest BCUT2D eigenvalue weighted by Gasteiger charge is -2.17. The van der Waals surface area contributed by atoms with Crippen molar-refractivity contribution in [2.45, 2.75) is 32.5 Å². The number of nitrogens with zero attached hydrogens (tertiary/aromatic N) is 1. The number of hydrogen-bond acceptors (Lipinski definition) is 5. The third-order valence-electron chi connectivity index (χ3n) is 5.29. The molecular weight excluding hydrogens is 492 g/mol. The summed E-state index contributed by atoms with van der Waals surface area (Å²) < 4.78 is 80.6. The molecule has 0 saturated heterocycles. The molecule has 2 aromatic carbocycles. The van der Waals surface area contributed by atoms with E-state index in [0.29, 0.717) is 28.8 Å². The fourth-order valence-electron chi connectivity index (χ4n) is 3.53. The standard InChI is InChI=1S/C23H22F4N2O5S/c1-13-4-6-17-16(8-9-29(22(17)31)14(2)12-34-35(3,32)33)21(13)28-20(30)11-15-5-7-18(19(24)10-15)23(25,26)27/h4-10,14H,11-12H2,1-3H3,(H,28,30). The van der Waals surface area contributed by atoms with Crippen molar-refractivity contribution in [3.8, 4) is 0 Å². The molecule has 3 rings (SSSR count). The van der Waals surface area contributed by atoms with Gasteiger partial charge in [-0.1, -0.05) is 12.1 Å². The van der Waals surface area contributed by atoms with Crippen molar-refractivity contribution in [3.05, 3.63) is 75.5 Å². The number of alkyl halides is 3. The number of aromatic nitrogens is 1. The van der Waals surface area contributed by atoms with Gasteiger partial charge in [-0.3, -0.25) is 13.8 Å². The maximum absolute atomic E-state index is 13.8. The van der Waals surface area contributed by atoms with E-state index in [1.807, 2.05) is 0 Å². The van der Waals surface area contributed by atoms with Gasteiger partial charge in [0.05, 0.1) is 36.6 Å². The first-order valence-corrected chi connectivity index (χ1v) is 12.1. The highest BCUT2D eigenvalue weighted by Gasteiger charge is 2.34. The van der Waals surface area contributed by atoms with E-state index in [4.69, 9.17) is 4.18 Å². The van der Waals surface area contributed by atoms with Crippen LogP contribution in [-0.4, -0.2) is 31.8 Å². The Balaban J connectivity index is 1.87. The normalized spacial score (nSPS) is 13.1. The number of aryl methyl sites for hydroxylation is 1. The monoisotopic (exact) mass is 514 g/mol. The molecule has 0 aliphatic heterocycles. The number of carbonyl (C=O) groups excluding carboxylic acids is 1. The first-order valence-electron chi connectivity index (χ1n) is 10.3. The largest absolute Gasteiger partial charge is 0.419 e. The second-order valence-corrected chi connectivity index (χ2v) is 9.77. The Labute approximate surface area is 198 Å². The molecule has 12 heteroatoms. The number of pyridine rings is 1. The molecule has 1 aromatic heterocycles. The molecule has 0 bridgehead atoms. The predicted octanol–water partition coefficient (Wildman–Crippen LogP) is 4.19. The Kier molecular flexibility index (Phi) is 7.37. The number of amides is 1. The number of rotatable bonds is 7. The summed E-state index contributed by atoms with van der Waals surface area (Å²) in [6.07, 6.45) is -2.88. The first-order chi connectivity index (χ1) is 16.2. The second kappa shape index (κ2) is 9.78. The van der Waals surface area contributed by atoms with E-state index in [1.165, 1.54) is 10.8 Å². The number of hydrogen-bond donors (Lipinski definition) is 1. The quantitative estimate of drug-likeness (QED) is 0.377. The van der Waals surface area contributed by atoms with Crippen LogP contribution in [0.15, 0.2) is 47.4 Å². The van der Waals surface area contributed by atoms with Crippen molar-refractivity contribution in [3.63, 3.8) is 0 Å². The molecule has 0 fully saturated rings. The molecular formula is C23H22F4N2O5S. The van der Waals surface area contributed by atoms with Gasteiger partial charge in [0.25, 0.3) is 15.7 Å². The Morgan fingerprint density at radius 1 is 1.14 bits per heavy atom. The average Bonchev–Trinajstić information content (AvgIpc) is 2.73. The van der Waals surface area contributed by atoms with Crippen LogP contribution in [0.1, 0.15) is 29.7 Å². The van der Waals surface area contributed by atoms with Gasteiger partial charge >= 0.3 is 6.18 Å². The van der Waals surface area contributed by atoms with Gasteiger partial charge in [0.15, 0.2) is 0 Å². The molecule has 1 amide bonds. The number of benzene rings is 2. The summed E-state index contributed by atoms with van der Waals surface area (Å²) >= 11 is 0. The van der Waals surface area contributed by atoms with Gasteiger partial charge in [-0.15, -0.1) is 0 Å². The molecule has 0 aliphatic carbocycles. The van der Waals surface area contributed by atoms with Gasteiger partial charge < -0.3 is 9.88 Å². The second-order valence-electron chi connectivity index (χ2n) is 8.12. The molecule has 3 aromatic rings. The van der Waals surface area contributed by atoms with Crippen molar-refractivity contribution in [2.75, 3.05) is 18.2 Å². The van der Waals surface area contributed by atoms with Crippen LogP contribution in [0.5, 0.6) is 0 Å². The third kappa shape index (κ3) is 6.25. The van der Waals surface area contributed by atoms with E-state index in [2.05, 4.69) is 5.32 Å². The van der Waals surface area contributed by atoms with E-state index in [-0.39, 0.29) is 24.0 Å². The van der Waals surface area contributed by atoms with Gasteiger partial charge in [0.1, 0.15) is 5.82 Å². The zero-order valence-corrected chi connectivity index (χ0v) is 19.8. The van der Waals surface area contributed by atoms with Crippen LogP contribution in [0.4, 0.5) is 23.2 Å². The van der Waals surface area contributed by atoms with E-state index < -0.39 is 45.2 Å². The number of anilines is 1. The molecule has 0 aliphatic rings. The topological polar surface area (TPSA) is 94.5 Å². The van der Waals surface area contributed by atoms with Crippen LogP contribution in [0.3, 0.4) is 0 Å². The van der Waals surface area contributed by atoms with E-state index in [0.717, 1.165) is 12.3 Å². The van der Waals surface area contributed by atoms with Gasteiger partial charge in [-0.05, 0) is 49.2 Å². The van der Waals surface area contributed by atoms with Crippen molar-refractivity contribution in [1.29, 1.82) is 0 Å². The van der Waals surface area contributed by atoms with E-state index in [9.17, 15) is 35.6 Å². The number of carbonyl (C=O) groups is 1. The fourth-order valence-corrected chi connectivity index (χ4v) is 3.98. The summed E-state index contributed by atoms with van der Waals surface area (Å²) in [4.78, 5) is 25.6. The fraction of sp³-hybridized carbons (Fsp3) is 0.304. The van der Waals surface area contributed by atoms with Gasteiger partial charge in [-0.25, -0.2) is 4.39 Å². The van der Waals surface area contributed by atoms with Gasteiger partial charge in [0.2, 0.25) is 5.91 Å². The molecule has 0 spiro atoms. The Morgan fingerprint density at radius 3 is 2.43 bits per heavy atom. The molecule has 0 radical (unpaired) electrons. The molecule has 0 saturated carbocycles. The zero-order chi connectivity index (χ0) is 26.1. The summed E-state index contributed by atoms with van der Waals surface area (Å²) in [7, 11) is -3.69. The van der Waals surface area contributed by atoms with Crippen molar-refractivity contribution in [2.24, 2.45) is 0 Å². The van der Waals surface area contributed by atoms with E-state index in [1.54, 1.807) is 32.0 Å². The van der Waals surface area contributed by atoms with Gasteiger partial charge in [-0.2, -0.15) is 21.6 Å². The van der Waals surface area contributed by atoms with Crippen LogP contribution in [-0.2, 0) is 31.7 Å². The van der Waals surface area contributed by atoms with Crippen molar-refractivity contribution in [1.82, 2.24) is 4.57 Å². The Morgan fingerprint density at radius 2 is 1.83 bits per heavy atom. The first kappa shape index (κ1) is 26.4. The van der Waals surface area contributed by atoms with Crippen LogP contribution < -0.4 is 10.9 Å². The lowest BCUT2D eigenvalue weighted by atomic mass is 10.0. The van der Waals surface area contributed by atoms with Crippen LogP contribution in [0, 0.1) is 12.7 Å². The number of nitrogens with one attached hydrogen (secondary N) is 1. The summed E-state index contributed by atoms with van der Waals surface area (Å²) in [5.74, 6) is -2.09. The minimum Gasteiger partial charge on any atom is -0.325 e. The van der Waals surface area contributed by atoms with Crippen LogP contribution in [0.25, 0.3) is 10.8 Å². The lowest BCUT2D eigenvalue weighted by molar-refractivity contribution is -0.140. The maximum atomic E-state index is 13.8. The molecule has 1 heterocycles. The minimum atomic E-state index is -4.84. The van der Waals surface area contributed by atoms with E-state index >= 15 is 0 Å². The summed E-state index contributed by atoms with van der Waals surface area (Å²) in [6.45, 7) is 3.06. The molecule has 1 unspecified atom stereocenters. The molecule has 1 atom stereocenters. The van der Waals surface area contributed by atoms with Crippen molar-refractivity contribution < 1.29 is 35.0 Å². The highest BCUT2D eigenvalue weighted by atomic mass is 32.2. The number of fused-ring (bicyclic) bond motifs is 1. The smallest absolute Gasteiger partial charge is 0.325 e. The summed E-state index contributed by atoms with van der Waals surface area (Å²) in [5, 5.41) is 3.31. The van der Waals surface area contributed by atoms with Gasteiger partial charge in [0, 0.05) is 17.0 Å². The molecule has 188 valence electrons.